The average molecular weight is 291 g/mol. The van der Waals surface area contributed by atoms with E-state index >= 15 is 0 Å². The van der Waals surface area contributed by atoms with Crippen molar-refractivity contribution < 1.29 is 9.90 Å². The predicted molar refractivity (Wildman–Crippen MR) is 74.3 cm³/mol. The number of aromatic carboxylic acids is 1. The lowest BCUT2D eigenvalue weighted by Gasteiger charge is -2.06. The van der Waals surface area contributed by atoms with E-state index in [1.165, 1.54) is 30.1 Å². The quantitative estimate of drug-likeness (QED) is 0.838. The zero-order chi connectivity index (χ0) is 14.7. The number of H-pyrrole nitrogens is 1. The van der Waals surface area contributed by atoms with Gasteiger partial charge < -0.3 is 10.1 Å². The Morgan fingerprint density at radius 3 is 2.65 bits per heavy atom. The number of aromatic nitrogens is 3. The smallest absolute Gasteiger partial charge is 0.337 e. The van der Waals surface area contributed by atoms with Crippen LogP contribution in [0.4, 0.5) is 0 Å². The van der Waals surface area contributed by atoms with Gasteiger partial charge in [-0.1, -0.05) is 13.8 Å². The largest absolute Gasteiger partial charge is 0.478 e. The summed E-state index contributed by atoms with van der Waals surface area (Å²) >= 11 is 1.22. The number of hydrogen-bond donors (Lipinski definition) is 2. The zero-order valence-electron chi connectivity index (χ0n) is 11.0. The van der Waals surface area contributed by atoms with Crippen LogP contribution in [0, 0.1) is 0 Å². The van der Waals surface area contributed by atoms with Crippen LogP contribution in [0.15, 0.2) is 39.2 Å². The highest BCUT2D eigenvalue weighted by Gasteiger charge is 2.08. The lowest BCUT2D eigenvalue weighted by Crippen LogP contribution is -2.11. The molecule has 0 bridgehead atoms. The van der Waals surface area contributed by atoms with E-state index in [0.717, 1.165) is 0 Å². The van der Waals surface area contributed by atoms with E-state index in [2.05, 4.69) is 15.0 Å². The molecule has 0 atom stereocenters. The first-order chi connectivity index (χ1) is 9.45. The van der Waals surface area contributed by atoms with Crippen LogP contribution in [0.1, 0.15) is 35.9 Å². The number of carboxylic acids is 1. The van der Waals surface area contributed by atoms with Crippen LogP contribution in [-0.4, -0.2) is 26.0 Å². The van der Waals surface area contributed by atoms with Gasteiger partial charge in [0.15, 0.2) is 0 Å². The minimum Gasteiger partial charge on any atom is -0.478 e. The summed E-state index contributed by atoms with van der Waals surface area (Å²) in [6.45, 7) is 3.87. The van der Waals surface area contributed by atoms with Crippen molar-refractivity contribution in [2.24, 2.45) is 0 Å². The van der Waals surface area contributed by atoms with Gasteiger partial charge in [-0.25, -0.2) is 14.8 Å². The molecule has 2 aromatic heterocycles. The molecule has 0 spiro atoms. The van der Waals surface area contributed by atoms with Gasteiger partial charge in [0.1, 0.15) is 15.9 Å². The lowest BCUT2D eigenvalue weighted by atomic mass is 10.2. The number of nitrogens with one attached hydrogen (secondary N) is 1. The lowest BCUT2D eigenvalue weighted by molar-refractivity contribution is 0.0696. The molecule has 20 heavy (non-hydrogen) atoms. The van der Waals surface area contributed by atoms with Crippen LogP contribution < -0.4 is 5.56 Å². The maximum absolute atomic E-state index is 11.5. The molecule has 104 valence electrons. The van der Waals surface area contributed by atoms with Gasteiger partial charge >= 0.3 is 5.97 Å². The second kappa shape index (κ2) is 5.87. The van der Waals surface area contributed by atoms with Crippen LogP contribution in [0.5, 0.6) is 0 Å². The molecule has 0 radical (unpaired) electrons. The number of pyridine rings is 1. The minimum absolute atomic E-state index is 0.116. The summed E-state index contributed by atoms with van der Waals surface area (Å²) in [7, 11) is 0. The fourth-order valence-corrected chi connectivity index (χ4v) is 2.22. The van der Waals surface area contributed by atoms with Crippen molar-refractivity contribution in [1.29, 1.82) is 0 Å². The van der Waals surface area contributed by atoms with E-state index in [1.807, 2.05) is 13.8 Å². The third-order valence-electron chi connectivity index (χ3n) is 2.48. The fourth-order valence-electron chi connectivity index (χ4n) is 1.45. The van der Waals surface area contributed by atoms with Crippen molar-refractivity contribution in [1.82, 2.24) is 15.0 Å². The maximum Gasteiger partial charge on any atom is 0.337 e. The highest BCUT2D eigenvalue weighted by atomic mass is 32.2. The molecule has 0 saturated carbocycles. The molecule has 0 fully saturated rings. The van der Waals surface area contributed by atoms with Crippen LogP contribution in [0.3, 0.4) is 0 Å². The number of carbonyl (C=O) groups is 1. The average Bonchev–Trinajstić information content (AvgIpc) is 2.38. The molecule has 2 heterocycles. The molecule has 0 amide bonds. The first-order valence-corrected chi connectivity index (χ1v) is 6.76. The van der Waals surface area contributed by atoms with E-state index < -0.39 is 5.97 Å². The number of rotatable bonds is 4. The Balaban J connectivity index is 2.25. The van der Waals surface area contributed by atoms with E-state index in [4.69, 9.17) is 5.11 Å². The van der Waals surface area contributed by atoms with Crippen molar-refractivity contribution in [2.45, 2.75) is 29.8 Å². The maximum atomic E-state index is 11.5. The zero-order valence-corrected chi connectivity index (χ0v) is 11.8. The summed E-state index contributed by atoms with van der Waals surface area (Å²) in [5, 5.41) is 9.92. The minimum atomic E-state index is -1.02. The third-order valence-corrected chi connectivity index (χ3v) is 3.34. The Morgan fingerprint density at radius 2 is 2.10 bits per heavy atom. The highest BCUT2D eigenvalue weighted by molar-refractivity contribution is 7.99. The summed E-state index contributed by atoms with van der Waals surface area (Å²) in [5.74, 6) is -0.293. The molecule has 7 heteroatoms. The van der Waals surface area contributed by atoms with Gasteiger partial charge in [0, 0.05) is 18.2 Å². The van der Waals surface area contributed by atoms with E-state index in [-0.39, 0.29) is 17.0 Å². The molecular formula is C13H13N3O3S. The molecular weight excluding hydrogens is 278 g/mol. The van der Waals surface area contributed by atoms with Crippen molar-refractivity contribution >= 4 is 17.7 Å². The first-order valence-electron chi connectivity index (χ1n) is 5.94. The van der Waals surface area contributed by atoms with Crippen molar-refractivity contribution in [3.05, 3.63) is 46.1 Å². The van der Waals surface area contributed by atoms with Crippen molar-refractivity contribution in [3.63, 3.8) is 0 Å². The molecule has 6 nitrogen and oxygen atoms in total. The van der Waals surface area contributed by atoms with Crippen LogP contribution in [0.2, 0.25) is 0 Å². The summed E-state index contributed by atoms with van der Waals surface area (Å²) < 4.78 is 0. The van der Waals surface area contributed by atoms with Gasteiger partial charge in [-0.3, -0.25) is 4.79 Å². The van der Waals surface area contributed by atoms with E-state index in [0.29, 0.717) is 15.9 Å². The third kappa shape index (κ3) is 3.45. The number of aromatic amines is 1. The Bertz CT molecular complexity index is 680. The normalized spacial score (nSPS) is 10.8. The molecule has 0 unspecified atom stereocenters. The highest BCUT2D eigenvalue weighted by Crippen LogP contribution is 2.24. The Labute approximate surface area is 119 Å². The van der Waals surface area contributed by atoms with Gasteiger partial charge in [-0.15, -0.1) is 0 Å². The first kappa shape index (κ1) is 14.3. The Hall–Kier alpha value is -2.15. The van der Waals surface area contributed by atoms with E-state index in [1.54, 1.807) is 6.07 Å². The van der Waals surface area contributed by atoms with Crippen molar-refractivity contribution in [3.8, 4) is 0 Å². The number of carboxylic acid groups (broad SMARTS) is 1. The predicted octanol–water partition coefficient (Wildman–Crippen LogP) is 2.14. The van der Waals surface area contributed by atoms with Crippen LogP contribution in [0.25, 0.3) is 0 Å². The van der Waals surface area contributed by atoms with Gasteiger partial charge in [0.25, 0.3) is 5.56 Å². The van der Waals surface area contributed by atoms with Gasteiger partial charge in [-0.2, -0.15) is 0 Å². The van der Waals surface area contributed by atoms with Crippen LogP contribution >= 0.6 is 11.8 Å². The summed E-state index contributed by atoms with van der Waals surface area (Å²) in [5.41, 5.74) is -0.0931. The standard InChI is InChI=1S/C13H13N3O3S/c1-7(2)12-15-9(17)5-11(16-12)20-10-4-3-8(6-14-10)13(18)19/h3-7H,1-2H3,(H,18,19)(H,15,16,17). The van der Waals surface area contributed by atoms with Gasteiger partial charge in [-0.05, 0) is 23.9 Å². The SMILES string of the molecule is CC(C)c1nc(Sc2ccc(C(=O)O)cn2)cc(=O)[nH]1. The van der Waals surface area contributed by atoms with Crippen molar-refractivity contribution in [2.75, 3.05) is 0 Å². The van der Waals surface area contributed by atoms with Crippen LogP contribution in [-0.2, 0) is 0 Å². The Kier molecular flexibility index (Phi) is 4.19. The molecule has 0 aliphatic rings. The fraction of sp³-hybridized carbons (Fsp3) is 0.231. The monoisotopic (exact) mass is 291 g/mol. The number of nitrogens with zero attached hydrogens (tertiary/aromatic N) is 2. The summed E-state index contributed by atoms with van der Waals surface area (Å²) in [4.78, 5) is 33.3. The second-order valence-corrected chi connectivity index (χ2v) is 5.46. The molecule has 0 aliphatic carbocycles. The molecule has 0 aliphatic heterocycles. The van der Waals surface area contributed by atoms with Gasteiger partial charge in [0.05, 0.1) is 5.56 Å². The second-order valence-electron chi connectivity index (χ2n) is 4.42. The van der Waals surface area contributed by atoms with Gasteiger partial charge in [0.2, 0.25) is 0 Å². The van der Waals surface area contributed by atoms with E-state index in [9.17, 15) is 9.59 Å². The summed E-state index contributed by atoms with van der Waals surface area (Å²) in [6, 6.07) is 4.45. The summed E-state index contributed by atoms with van der Waals surface area (Å²) in [6.07, 6.45) is 1.28. The molecule has 2 N–H and O–H groups in total. The Morgan fingerprint density at radius 1 is 1.35 bits per heavy atom. The number of hydrogen-bond acceptors (Lipinski definition) is 5. The topological polar surface area (TPSA) is 95.9 Å². The molecule has 2 rings (SSSR count). The molecule has 2 aromatic rings. The molecule has 0 aromatic carbocycles. The molecule has 0 saturated heterocycles.